The zero-order valence-electron chi connectivity index (χ0n) is 17.8. The Morgan fingerprint density at radius 2 is 1.91 bits per heavy atom. The van der Waals surface area contributed by atoms with Crippen LogP contribution in [-0.2, 0) is 4.84 Å². The van der Waals surface area contributed by atoms with Gasteiger partial charge in [0.2, 0.25) is 5.95 Å². The minimum atomic E-state index is -0.687. The molecule has 0 radical (unpaired) electrons. The molecule has 1 heterocycles. The number of carbonyl (C=O) groups is 2. The normalized spacial score (nSPS) is 11.5. The van der Waals surface area contributed by atoms with Crippen LogP contribution in [0.15, 0.2) is 60.8 Å². The van der Waals surface area contributed by atoms with E-state index in [1.165, 1.54) is 18.4 Å². The topological polar surface area (TPSA) is 148 Å². The Bertz CT molecular complexity index is 1090. The molecule has 166 valence electrons. The van der Waals surface area contributed by atoms with Crippen LogP contribution < -0.4 is 27.2 Å². The Kier molecular flexibility index (Phi) is 7.32. The van der Waals surface area contributed by atoms with Crippen molar-refractivity contribution < 1.29 is 14.4 Å². The fourth-order valence-electron chi connectivity index (χ4n) is 2.85. The Labute approximate surface area is 185 Å². The Morgan fingerprint density at radius 1 is 1.16 bits per heavy atom. The summed E-state index contributed by atoms with van der Waals surface area (Å²) in [5.74, 6) is -0.555. The molecule has 0 fully saturated rings. The van der Waals surface area contributed by atoms with Crippen LogP contribution in [0.25, 0.3) is 0 Å². The van der Waals surface area contributed by atoms with Gasteiger partial charge in [0.05, 0.1) is 12.8 Å². The number of hydroxylamine groups is 1. The van der Waals surface area contributed by atoms with Gasteiger partial charge in [0, 0.05) is 30.0 Å². The first-order chi connectivity index (χ1) is 15.4. The molecule has 1 atom stereocenters. The molecule has 10 nitrogen and oxygen atoms in total. The summed E-state index contributed by atoms with van der Waals surface area (Å²) < 4.78 is 0. The molecule has 0 aliphatic carbocycles. The number of aromatic nitrogens is 2. The van der Waals surface area contributed by atoms with E-state index in [1.807, 2.05) is 25.1 Å². The fraction of sp³-hybridized carbons (Fsp3) is 0.182. The van der Waals surface area contributed by atoms with Gasteiger partial charge in [-0.05, 0) is 37.3 Å². The van der Waals surface area contributed by atoms with E-state index in [1.54, 1.807) is 36.4 Å². The first kappa shape index (κ1) is 22.7. The number of para-hydroxylation sites is 1. The highest BCUT2D eigenvalue weighted by molar-refractivity contribution is 6.05. The van der Waals surface area contributed by atoms with Gasteiger partial charge in [-0.1, -0.05) is 24.3 Å². The van der Waals surface area contributed by atoms with Crippen LogP contribution in [0.1, 0.15) is 27.6 Å². The molecular formula is C22H25N7O3. The Morgan fingerprint density at radius 3 is 2.56 bits per heavy atom. The third kappa shape index (κ3) is 5.56. The SMILES string of the molecule is CON(C(=O)c1cccc(Nc2nc(NC[C@H](C)N)ncc2C(N)=O)c1)c1ccccc1. The molecule has 2 amide bonds. The van der Waals surface area contributed by atoms with E-state index >= 15 is 0 Å². The van der Waals surface area contributed by atoms with Gasteiger partial charge in [0.1, 0.15) is 11.4 Å². The largest absolute Gasteiger partial charge is 0.365 e. The molecule has 0 saturated carbocycles. The first-order valence-electron chi connectivity index (χ1n) is 9.86. The van der Waals surface area contributed by atoms with Crippen molar-refractivity contribution in [2.75, 3.05) is 29.4 Å². The molecular weight excluding hydrogens is 410 g/mol. The predicted molar refractivity (Wildman–Crippen MR) is 123 cm³/mol. The summed E-state index contributed by atoms with van der Waals surface area (Å²) in [7, 11) is 1.42. The lowest BCUT2D eigenvalue weighted by Gasteiger charge is -2.20. The number of rotatable bonds is 9. The molecule has 10 heteroatoms. The number of anilines is 4. The lowest BCUT2D eigenvalue weighted by atomic mass is 10.1. The summed E-state index contributed by atoms with van der Waals surface area (Å²) in [5, 5.41) is 7.22. The molecule has 6 N–H and O–H groups in total. The summed E-state index contributed by atoms with van der Waals surface area (Å²) in [6.45, 7) is 2.29. The van der Waals surface area contributed by atoms with Gasteiger partial charge in [-0.25, -0.2) is 4.98 Å². The van der Waals surface area contributed by atoms with Crippen molar-refractivity contribution in [1.29, 1.82) is 0 Å². The number of carbonyl (C=O) groups excluding carboxylic acids is 2. The van der Waals surface area contributed by atoms with Crippen LogP contribution in [0.3, 0.4) is 0 Å². The molecule has 3 rings (SSSR count). The van der Waals surface area contributed by atoms with Crippen molar-refractivity contribution >= 4 is 35.0 Å². The van der Waals surface area contributed by atoms with E-state index in [-0.39, 0.29) is 29.3 Å². The number of nitrogens with one attached hydrogen (secondary N) is 2. The van der Waals surface area contributed by atoms with Crippen molar-refractivity contribution in [3.8, 4) is 0 Å². The number of hydrogen-bond donors (Lipinski definition) is 4. The molecule has 1 aromatic heterocycles. The van der Waals surface area contributed by atoms with Gasteiger partial charge in [-0.3, -0.25) is 14.4 Å². The maximum Gasteiger partial charge on any atom is 0.282 e. The van der Waals surface area contributed by atoms with Gasteiger partial charge in [-0.2, -0.15) is 10.0 Å². The van der Waals surface area contributed by atoms with Crippen molar-refractivity contribution in [2.45, 2.75) is 13.0 Å². The van der Waals surface area contributed by atoms with Crippen LogP contribution in [-0.4, -0.2) is 41.5 Å². The van der Waals surface area contributed by atoms with E-state index in [0.717, 1.165) is 0 Å². The van der Waals surface area contributed by atoms with Crippen molar-refractivity contribution in [3.05, 3.63) is 71.9 Å². The lowest BCUT2D eigenvalue weighted by molar-refractivity contribution is 0.0773. The van der Waals surface area contributed by atoms with Crippen LogP contribution in [0.2, 0.25) is 0 Å². The predicted octanol–water partition coefficient (Wildman–Crippen LogP) is 2.29. The minimum absolute atomic E-state index is 0.107. The number of hydrogen-bond acceptors (Lipinski definition) is 8. The summed E-state index contributed by atoms with van der Waals surface area (Å²) in [6.07, 6.45) is 1.33. The molecule has 0 aliphatic rings. The van der Waals surface area contributed by atoms with E-state index in [0.29, 0.717) is 23.5 Å². The molecule has 2 aromatic carbocycles. The number of primary amides is 1. The molecule has 0 unspecified atom stereocenters. The number of amides is 2. The van der Waals surface area contributed by atoms with E-state index in [9.17, 15) is 9.59 Å². The van der Waals surface area contributed by atoms with Gasteiger partial charge in [-0.15, -0.1) is 0 Å². The molecule has 3 aromatic rings. The smallest absolute Gasteiger partial charge is 0.282 e. The highest BCUT2D eigenvalue weighted by atomic mass is 16.7. The third-order valence-electron chi connectivity index (χ3n) is 4.37. The van der Waals surface area contributed by atoms with Gasteiger partial charge in [0.15, 0.2) is 0 Å². The summed E-state index contributed by atoms with van der Waals surface area (Å²) in [5.41, 5.74) is 12.8. The van der Waals surface area contributed by atoms with Crippen molar-refractivity contribution in [2.24, 2.45) is 11.5 Å². The standard InChI is InChI=1S/C22H25N7O3/c1-14(23)12-25-22-26-13-18(19(24)30)20(28-22)27-16-8-6-7-15(11-16)21(31)29(32-2)17-9-4-3-5-10-17/h3-11,13-14H,12,23H2,1-2H3,(H2,24,30)(H2,25,26,27,28)/t14-/m0/s1. The average Bonchev–Trinajstić information content (AvgIpc) is 2.79. The Balaban J connectivity index is 1.87. The third-order valence-corrected chi connectivity index (χ3v) is 4.37. The molecule has 0 spiro atoms. The van der Waals surface area contributed by atoms with Crippen molar-refractivity contribution in [3.63, 3.8) is 0 Å². The second kappa shape index (κ2) is 10.3. The Hall–Kier alpha value is -4.02. The minimum Gasteiger partial charge on any atom is -0.365 e. The van der Waals surface area contributed by atoms with Gasteiger partial charge < -0.3 is 22.1 Å². The summed E-state index contributed by atoms with van der Waals surface area (Å²) in [4.78, 5) is 38.5. The molecule has 0 bridgehead atoms. The summed E-state index contributed by atoms with van der Waals surface area (Å²) >= 11 is 0. The number of nitrogens with zero attached hydrogens (tertiary/aromatic N) is 3. The van der Waals surface area contributed by atoms with Crippen LogP contribution in [0.5, 0.6) is 0 Å². The second-order valence-corrected chi connectivity index (χ2v) is 7.00. The van der Waals surface area contributed by atoms with E-state index < -0.39 is 5.91 Å². The molecule has 32 heavy (non-hydrogen) atoms. The average molecular weight is 435 g/mol. The fourth-order valence-corrected chi connectivity index (χ4v) is 2.85. The van der Waals surface area contributed by atoms with Crippen LogP contribution >= 0.6 is 0 Å². The van der Waals surface area contributed by atoms with E-state index in [2.05, 4.69) is 20.6 Å². The second-order valence-electron chi connectivity index (χ2n) is 7.00. The zero-order chi connectivity index (χ0) is 23.1. The first-order valence-corrected chi connectivity index (χ1v) is 9.86. The maximum atomic E-state index is 13.0. The lowest BCUT2D eigenvalue weighted by Crippen LogP contribution is -2.29. The van der Waals surface area contributed by atoms with Gasteiger partial charge in [0.25, 0.3) is 11.8 Å². The van der Waals surface area contributed by atoms with Crippen molar-refractivity contribution in [1.82, 2.24) is 9.97 Å². The number of benzene rings is 2. The maximum absolute atomic E-state index is 13.0. The summed E-state index contributed by atoms with van der Waals surface area (Å²) in [6, 6.07) is 15.6. The van der Waals surface area contributed by atoms with Crippen LogP contribution in [0.4, 0.5) is 23.1 Å². The molecule has 0 saturated heterocycles. The van der Waals surface area contributed by atoms with E-state index in [4.69, 9.17) is 16.3 Å². The van der Waals surface area contributed by atoms with Gasteiger partial charge >= 0.3 is 0 Å². The zero-order valence-corrected chi connectivity index (χ0v) is 17.8. The monoisotopic (exact) mass is 435 g/mol. The molecule has 0 aliphatic heterocycles. The number of nitrogens with two attached hydrogens (primary N) is 2. The quantitative estimate of drug-likeness (QED) is 0.374. The highest BCUT2D eigenvalue weighted by Crippen LogP contribution is 2.23. The highest BCUT2D eigenvalue weighted by Gasteiger charge is 2.19. The van der Waals surface area contributed by atoms with Crippen LogP contribution in [0, 0.1) is 0 Å².